The van der Waals surface area contributed by atoms with E-state index < -0.39 is 10.8 Å². The third kappa shape index (κ3) is 4.02. The lowest BCUT2D eigenvalue weighted by molar-refractivity contribution is 0.562. The fourth-order valence-electron chi connectivity index (χ4n) is 2.62. The van der Waals surface area contributed by atoms with Crippen LogP contribution in [0.2, 0.25) is 0 Å². The van der Waals surface area contributed by atoms with Crippen LogP contribution < -0.4 is 5.32 Å². The van der Waals surface area contributed by atoms with Gasteiger partial charge in [0.15, 0.2) is 0 Å². The quantitative estimate of drug-likeness (QED) is 0.841. The third-order valence-electron chi connectivity index (χ3n) is 3.59. The van der Waals surface area contributed by atoms with E-state index in [0.717, 1.165) is 17.7 Å². The second-order valence-corrected chi connectivity index (χ2v) is 6.77. The Morgan fingerprint density at radius 3 is 1.95 bits per heavy atom. The Morgan fingerprint density at radius 2 is 1.48 bits per heavy atom. The smallest absolute Gasteiger partial charge is 0.0791 e. The van der Waals surface area contributed by atoms with Gasteiger partial charge in [-0.15, -0.1) is 0 Å². The summed E-state index contributed by atoms with van der Waals surface area (Å²) in [5, 5.41) is 3.33. The molecule has 0 aliphatic heterocycles. The molecule has 0 aliphatic carbocycles. The average Bonchev–Trinajstić information content (AvgIpc) is 2.54. The first-order valence-electron chi connectivity index (χ1n) is 7.42. The van der Waals surface area contributed by atoms with Gasteiger partial charge in [0.05, 0.1) is 11.3 Å². The van der Waals surface area contributed by atoms with E-state index in [2.05, 4.69) is 36.5 Å². The van der Waals surface area contributed by atoms with Crippen LogP contribution >= 0.6 is 0 Å². The summed E-state index contributed by atoms with van der Waals surface area (Å²) in [6.45, 7) is 2.08. The van der Waals surface area contributed by atoms with Gasteiger partial charge in [-0.2, -0.15) is 0 Å². The molecule has 2 aromatic rings. The molecule has 0 amide bonds. The molecule has 0 saturated heterocycles. The van der Waals surface area contributed by atoms with Crippen molar-refractivity contribution in [3.63, 3.8) is 0 Å². The summed E-state index contributed by atoms with van der Waals surface area (Å²) in [5.41, 5.74) is 2.31. The van der Waals surface area contributed by atoms with Crippen molar-refractivity contribution >= 4 is 10.8 Å². The maximum atomic E-state index is 12.8. The molecule has 0 aromatic heterocycles. The highest BCUT2D eigenvalue weighted by atomic mass is 32.2. The lowest BCUT2D eigenvalue weighted by Crippen LogP contribution is -2.27. The molecule has 21 heavy (non-hydrogen) atoms. The predicted molar refractivity (Wildman–Crippen MR) is 90.7 cm³/mol. The molecule has 2 nitrogen and oxygen atoms in total. The van der Waals surface area contributed by atoms with Crippen molar-refractivity contribution < 1.29 is 4.21 Å². The third-order valence-corrected chi connectivity index (χ3v) is 5.51. The molecule has 0 spiro atoms. The van der Waals surface area contributed by atoms with Gasteiger partial charge in [-0.05, 0) is 24.6 Å². The number of likely N-dealkylation sites (N-methyl/N-ethyl adjacent to an activating group) is 1. The number of benzene rings is 2. The van der Waals surface area contributed by atoms with Crippen molar-refractivity contribution in [1.29, 1.82) is 0 Å². The van der Waals surface area contributed by atoms with Crippen LogP contribution in [0, 0.1) is 0 Å². The molecule has 2 rings (SSSR count). The Kier molecular flexibility index (Phi) is 6.15. The van der Waals surface area contributed by atoms with Gasteiger partial charge in [0.25, 0.3) is 0 Å². The molecule has 112 valence electrons. The minimum Gasteiger partial charge on any atom is -0.312 e. The van der Waals surface area contributed by atoms with Crippen molar-refractivity contribution in [2.75, 3.05) is 12.8 Å². The van der Waals surface area contributed by atoms with E-state index in [4.69, 9.17) is 0 Å². The van der Waals surface area contributed by atoms with Crippen molar-refractivity contribution in [2.45, 2.75) is 24.6 Å². The van der Waals surface area contributed by atoms with Gasteiger partial charge in [-0.3, -0.25) is 4.21 Å². The van der Waals surface area contributed by atoms with Gasteiger partial charge in [0.1, 0.15) is 0 Å². The van der Waals surface area contributed by atoms with Crippen LogP contribution in [0.4, 0.5) is 0 Å². The van der Waals surface area contributed by atoms with Crippen LogP contribution in [-0.4, -0.2) is 17.0 Å². The van der Waals surface area contributed by atoms with Crippen LogP contribution in [-0.2, 0) is 10.8 Å². The van der Waals surface area contributed by atoms with Crippen LogP contribution in [0.5, 0.6) is 0 Å². The molecule has 0 heterocycles. The normalized spacial score (nSPS) is 15.3. The van der Waals surface area contributed by atoms with Gasteiger partial charge < -0.3 is 5.32 Å². The summed E-state index contributed by atoms with van der Waals surface area (Å²) in [6, 6.07) is 20.5. The molecule has 0 radical (unpaired) electrons. The van der Waals surface area contributed by atoms with Gasteiger partial charge in [0.2, 0.25) is 0 Å². The topological polar surface area (TPSA) is 29.1 Å². The molecular weight excluding hydrogens is 278 g/mol. The van der Waals surface area contributed by atoms with Crippen LogP contribution in [0.1, 0.15) is 35.8 Å². The van der Waals surface area contributed by atoms with Crippen molar-refractivity contribution in [1.82, 2.24) is 5.32 Å². The van der Waals surface area contributed by atoms with E-state index in [1.807, 2.05) is 43.4 Å². The van der Waals surface area contributed by atoms with E-state index in [0.29, 0.717) is 0 Å². The Morgan fingerprint density at radius 1 is 0.952 bits per heavy atom. The monoisotopic (exact) mass is 301 g/mol. The Hall–Kier alpha value is -1.45. The minimum atomic E-state index is -0.902. The van der Waals surface area contributed by atoms with E-state index in [-0.39, 0.29) is 11.3 Å². The number of hydrogen-bond acceptors (Lipinski definition) is 2. The highest BCUT2D eigenvalue weighted by molar-refractivity contribution is 7.85. The molecule has 3 unspecified atom stereocenters. The molecule has 0 bridgehead atoms. The summed E-state index contributed by atoms with van der Waals surface area (Å²) in [7, 11) is 1.04. The van der Waals surface area contributed by atoms with Gasteiger partial charge in [-0.25, -0.2) is 0 Å². The Balaban J connectivity index is 2.40. The summed E-state index contributed by atoms with van der Waals surface area (Å²) in [4.78, 5) is 0. The Labute approximate surface area is 130 Å². The van der Waals surface area contributed by atoms with Crippen molar-refractivity contribution in [3.8, 4) is 0 Å². The lowest BCUT2D eigenvalue weighted by Gasteiger charge is -2.27. The highest BCUT2D eigenvalue weighted by Gasteiger charge is 2.28. The molecular formula is C18H23NOS. The molecule has 3 heteroatoms. The summed E-state index contributed by atoms with van der Waals surface area (Å²) in [5.74, 6) is 0.727. The lowest BCUT2D eigenvalue weighted by atomic mass is 9.98. The minimum absolute atomic E-state index is 0.0291. The maximum Gasteiger partial charge on any atom is 0.0791 e. The number of hydrogen-bond donors (Lipinski definition) is 1. The summed E-state index contributed by atoms with van der Waals surface area (Å²) < 4.78 is 12.8. The number of nitrogens with one attached hydrogen (secondary N) is 1. The van der Waals surface area contributed by atoms with E-state index in [9.17, 15) is 4.21 Å². The summed E-state index contributed by atoms with van der Waals surface area (Å²) in [6.07, 6.45) is 0.932. The first kappa shape index (κ1) is 15.9. The van der Waals surface area contributed by atoms with Crippen LogP contribution in [0.25, 0.3) is 0 Å². The van der Waals surface area contributed by atoms with Crippen LogP contribution in [0.15, 0.2) is 60.7 Å². The van der Waals surface area contributed by atoms with E-state index >= 15 is 0 Å². The van der Waals surface area contributed by atoms with Gasteiger partial charge >= 0.3 is 0 Å². The van der Waals surface area contributed by atoms with Gasteiger partial charge in [-0.1, -0.05) is 67.6 Å². The first-order valence-corrected chi connectivity index (χ1v) is 8.80. The highest BCUT2D eigenvalue weighted by Crippen LogP contribution is 2.34. The zero-order valence-electron chi connectivity index (χ0n) is 12.7. The second kappa shape index (κ2) is 8.11. The molecule has 1 N–H and O–H groups in total. The average molecular weight is 301 g/mol. The zero-order chi connectivity index (χ0) is 15.1. The van der Waals surface area contributed by atoms with Crippen LogP contribution in [0.3, 0.4) is 0 Å². The number of rotatable bonds is 7. The van der Waals surface area contributed by atoms with E-state index in [1.54, 1.807) is 0 Å². The largest absolute Gasteiger partial charge is 0.312 e. The van der Waals surface area contributed by atoms with Crippen molar-refractivity contribution in [3.05, 3.63) is 71.8 Å². The molecule has 0 saturated carbocycles. The second-order valence-electron chi connectivity index (χ2n) is 5.09. The predicted octanol–water partition coefficient (Wildman–Crippen LogP) is 3.85. The maximum absolute atomic E-state index is 12.8. The zero-order valence-corrected chi connectivity index (χ0v) is 13.5. The standard InChI is InChI=1S/C18H23NOS/c1-3-14-21(20)18(16-12-8-5-9-13-16)17(19-2)15-10-6-4-7-11-15/h4-13,17-19H,3,14H2,1-2H3. The van der Waals surface area contributed by atoms with Crippen molar-refractivity contribution in [2.24, 2.45) is 0 Å². The fraction of sp³-hybridized carbons (Fsp3) is 0.333. The molecule has 3 atom stereocenters. The summed E-state index contributed by atoms with van der Waals surface area (Å²) >= 11 is 0. The molecule has 0 aliphatic rings. The van der Waals surface area contributed by atoms with E-state index in [1.165, 1.54) is 5.56 Å². The molecule has 2 aromatic carbocycles. The first-order chi connectivity index (χ1) is 10.3. The van der Waals surface area contributed by atoms with Gasteiger partial charge in [0, 0.05) is 16.6 Å². The fourth-order valence-corrected chi connectivity index (χ4v) is 4.33. The SMILES string of the molecule is CCCS(=O)C(c1ccccc1)C(NC)c1ccccc1. The Bertz CT molecular complexity index is 556. The molecule has 0 fully saturated rings.